The third kappa shape index (κ3) is 4.59. The molecule has 0 spiro atoms. The Morgan fingerprint density at radius 2 is 1.81 bits per heavy atom. The van der Waals surface area contributed by atoms with Crippen LogP contribution < -0.4 is 4.90 Å². The van der Waals surface area contributed by atoms with Gasteiger partial charge in [-0.25, -0.2) is 4.68 Å². The largest absolute Gasteiger partial charge is 0.383 e. The predicted molar refractivity (Wildman–Crippen MR) is 123 cm³/mol. The number of methoxy groups -OCH3 is 1. The number of nitrogens with zero attached hydrogens (tertiary/aromatic N) is 6. The van der Waals surface area contributed by atoms with Crippen LogP contribution in [0.5, 0.6) is 0 Å². The molecule has 1 aromatic heterocycles. The average Bonchev–Trinajstić information content (AvgIpc) is 3.24. The summed E-state index contributed by atoms with van der Waals surface area (Å²) in [5.41, 5.74) is 5.02. The summed E-state index contributed by atoms with van der Waals surface area (Å²) in [6, 6.07) is 14.4. The van der Waals surface area contributed by atoms with Crippen LogP contribution in [0, 0.1) is 13.8 Å². The molecule has 0 saturated carbocycles. The maximum absolute atomic E-state index is 6.63. The lowest BCUT2D eigenvalue weighted by molar-refractivity contribution is 0.172. The van der Waals surface area contributed by atoms with Crippen molar-refractivity contribution in [2.24, 2.45) is 0 Å². The zero-order valence-corrected chi connectivity index (χ0v) is 19.1. The van der Waals surface area contributed by atoms with Gasteiger partial charge < -0.3 is 9.64 Å². The molecule has 0 bridgehead atoms. The van der Waals surface area contributed by atoms with Gasteiger partial charge in [0.1, 0.15) is 0 Å². The van der Waals surface area contributed by atoms with Gasteiger partial charge in [-0.3, -0.25) is 4.90 Å². The lowest BCUT2D eigenvalue weighted by atomic mass is 10.0. The Morgan fingerprint density at radius 1 is 1.03 bits per heavy atom. The first kappa shape index (κ1) is 21.7. The highest BCUT2D eigenvalue weighted by atomic mass is 35.5. The molecule has 0 amide bonds. The molecule has 4 rings (SSSR count). The summed E-state index contributed by atoms with van der Waals surface area (Å²) in [5.74, 6) is 0.797. The van der Waals surface area contributed by atoms with E-state index in [1.165, 1.54) is 16.8 Å². The molecule has 3 aromatic rings. The second kappa shape index (κ2) is 9.77. The lowest BCUT2D eigenvalue weighted by Crippen LogP contribution is -2.48. The fraction of sp³-hybridized carbons (Fsp3) is 0.435. The van der Waals surface area contributed by atoms with Gasteiger partial charge in [0.2, 0.25) is 0 Å². The third-order valence-electron chi connectivity index (χ3n) is 6.11. The number of rotatable bonds is 7. The summed E-state index contributed by atoms with van der Waals surface area (Å²) in [5, 5.41) is 13.3. The zero-order valence-electron chi connectivity index (χ0n) is 18.3. The Balaban J connectivity index is 1.61. The summed E-state index contributed by atoms with van der Waals surface area (Å²) >= 11 is 6.63. The van der Waals surface area contributed by atoms with Crippen LogP contribution in [-0.2, 0) is 11.3 Å². The minimum absolute atomic E-state index is 0.110. The average molecular weight is 441 g/mol. The van der Waals surface area contributed by atoms with Crippen LogP contribution in [0.2, 0.25) is 5.02 Å². The highest BCUT2D eigenvalue weighted by molar-refractivity contribution is 6.31. The number of tetrazole rings is 1. The number of aryl methyl sites for hydroxylation is 1. The number of hydrogen-bond acceptors (Lipinski definition) is 6. The van der Waals surface area contributed by atoms with Crippen LogP contribution in [0.1, 0.15) is 28.6 Å². The number of aromatic nitrogens is 4. The number of anilines is 1. The molecule has 0 aliphatic carbocycles. The van der Waals surface area contributed by atoms with Gasteiger partial charge in [0.05, 0.1) is 19.2 Å². The van der Waals surface area contributed by atoms with Crippen molar-refractivity contribution >= 4 is 17.3 Å². The Hall–Kier alpha value is -2.48. The van der Waals surface area contributed by atoms with Crippen LogP contribution in [0.15, 0.2) is 42.5 Å². The van der Waals surface area contributed by atoms with Crippen molar-refractivity contribution in [3.63, 3.8) is 0 Å². The van der Waals surface area contributed by atoms with Gasteiger partial charge in [-0.15, -0.1) is 5.10 Å². The van der Waals surface area contributed by atoms with E-state index in [4.69, 9.17) is 16.3 Å². The number of ether oxygens (including phenoxy) is 1. The lowest BCUT2D eigenvalue weighted by Gasteiger charge is -2.40. The molecular formula is C23H29ClN6O. The first-order valence-electron chi connectivity index (χ1n) is 10.6. The Kier molecular flexibility index (Phi) is 6.85. The smallest absolute Gasteiger partial charge is 0.173 e. The van der Waals surface area contributed by atoms with Crippen molar-refractivity contribution in [1.82, 2.24) is 25.1 Å². The molecule has 1 aliphatic rings. The van der Waals surface area contributed by atoms with Crippen molar-refractivity contribution in [2.75, 3.05) is 44.8 Å². The standard InChI is InChI=1S/C23H29ClN6O/c1-17-7-6-10-21(18(17)2)28-11-13-29(14-12-28)22(19-8-4-5-9-20(19)24)23-25-26-27-30(23)15-16-31-3/h4-10,22H,11-16H2,1-3H3. The van der Waals surface area contributed by atoms with Crippen molar-refractivity contribution < 1.29 is 4.74 Å². The van der Waals surface area contributed by atoms with Crippen LogP contribution in [0.4, 0.5) is 5.69 Å². The normalized spacial score (nSPS) is 15.9. The minimum Gasteiger partial charge on any atom is -0.383 e. The second-order valence-electron chi connectivity index (χ2n) is 7.92. The van der Waals surface area contributed by atoms with Gasteiger partial charge in [-0.2, -0.15) is 0 Å². The molecule has 1 atom stereocenters. The van der Waals surface area contributed by atoms with Crippen molar-refractivity contribution in [3.8, 4) is 0 Å². The van der Waals surface area contributed by atoms with Gasteiger partial charge in [-0.05, 0) is 53.1 Å². The molecule has 31 heavy (non-hydrogen) atoms. The van der Waals surface area contributed by atoms with Crippen molar-refractivity contribution in [3.05, 3.63) is 70.0 Å². The van der Waals surface area contributed by atoms with E-state index in [0.717, 1.165) is 42.6 Å². The van der Waals surface area contributed by atoms with E-state index in [1.807, 2.05) is 22.9 Å². The molecule has 0 radical (unpaired) electrons. The number of halogens is 1. The van der Waals surface area contributed by atoms with E-state index in [0.29, 0.717) is 13.2 Å². The van der Waals surface area contributed by atoms with Gasteiger partial charge in [0.15, 0.2) is 5.82 Å². The molecule has 1 saturated heterocycles. The van der Waals surface area contributed by atoms with E-state index in [1.54, 1.807) is 7.11 Å². The molecular weight excluding hydrogens is 412 g/mol. The third-order valence-corrected chi connectivity index (χ3v) is 6.45. The quantitative estimate of drug-likeness (QED) is 0.560. The van der Waals surface area contributed by atoms with Gasteiger partial charge in [-0.1, -0.05) is 41.9 Å². The van der Waals surface area contributed by atoms with Crippen LogP contribution in [0.25, 0.3) is 0 Å². The summed E-state index contributed by atoms with van der Waals surface area (Å²) in [6.45, 7) is 9.17. The molecule has 1 fully saturated rings. The van der Waals surface area contributed by atoms with Gasteiger partial charge in [0, 0.05) is 44.0 Å². The molecule has 1 aliphatic heterocycles. The Bertz CT molecular complexity index is 1010. The fourth-order valence-corrected chi connectivity index (χ4v) is 4.48. The maximum Gasteiger partial charge on any atom is 0.173 e. The first-order valence-corrected chi connectivity index (χ1v) is 11.0. The molecule has 8 heteroatoms. The van der Waals surface area contributed by atoms with E-state index >= 15 is 0 Å². The van der Waals surface area contributed by atoms with Crippen molar-refractivity contribution in [1.29, 1.82) is 0 Å². The van der Waals surface area contributed by atoms with E-state index in [-0.39, 0.29) is 6.04 Å². The maximum atomic E-state index is 6.63. The number of benzene rings is 2. The molecule has 0 N–H and O–H groups in total. The molecule has 164 valence electrons. The Morgan fingerprint density at radius 3 is 2.55 bits per heavy atom. The van der Waals surface area contributed by atoms with E-state index in [2.05, 4.69) is 63.4 Å². The number of piperazine rings is 1. The highest BCUT2D eigenvalue weighted by Gasteiger charge is 2.32. The van der Waals surface area contributed by atoms with Gasteiger partial charge in [0.25, 0.3) is 0 Å². The summed E-state index contributed by atoms with van der Waals surface area (Å²) < 4.78 is 7.07. The van der Waals surface area contributed by atoms with Crippen molar-refractivity contribution in [2.45, 2.75) is 26.4 Å². The monoisotopic (exact) mass is 440 g/mol. The van der Waals surface area contributed by atoms with Crippen LogP contribution >= 0.6 is 11.6 Å². The van der Waals surface area contributed by atoms with E-state index < -0.39 is 0 Å². The zero-order chi connectivity index (χ0) is 21.8. The molecule has 1 unspecified atom stereocenters. The summed E-state index contributed by atoms with van der Waals surface area (Å²) in [4.78, 5) is 4.90. The Labute approximate surface area is 188 Å². The minimum atomic E-state index is -0.110. The molecule has 2 aromatic carbocycles. The summed E-state index contributed by atoms with van der Waals surface area (Å²) in [7, 11) is 1.68. The SMILES string of the molecule is COCCn1nnnc1C(c1ccccc1Cl)N1CCN(c2cccc(C)c2C)CC1. The topological polar surface area (TPSA) is 59.3 Å². The number of hydrogen-bond donors (Lipinski definition) is 0. The van der Waals surface area contributed by atoms with Crippen LogP contribution in [0.3, 0.4) is 0 Å². The second-order valence-corrected chi connectivity index (χ2v) is 8.33. The predicted octanol–water partition coefficient (Wildman–Crippen LogP) is 3.50. The molecule has 2 heterocycles. The first-order chi connectivity index (χ1) is 15.1. The fourth-order valence-electron chi connectivity index (χ4n) is 4.24. The highest BCUT2D eigenvalue weighted by Crippen LogP contribution is 2.33. The summed E-state index contributed by atoms with van der Waals surface area (Å²) in [6.07, 6.45) is 0. The van der Waals surface area contributed by atoms with Crippen LogP contribution in [-0.4, -0.2) is 65.0 Å². The van der Waals surface area contributed by atoms with E-state index in [9.17, 15) is 0 Å². The van der Waals surface area contributed by atoms with Gasteiger partial charge >= 0.3 is 0 Å². The molecule has 7 nitrogen and oxygen atoms in total.